The molecule has 0 atom stereocenters. The number of benzene rings is 1. The van der Waals surface area contributed by atoms with E-state index in [1.165, 1.54) is 0 Å². The maximum atomic E-state index is 12.5. The molecule has 1 aliphatic carbocycles. The fraction of sp³-hybridized carbons (Fsp3) is 0.471. The molecular formula is C17H22N2O2. The first-order chi connectivity index (χ1) is 9.99. The third-order valence-corrected chi connectivity index (χ3v) is 3.75. The fourth-order valence-electron chi connectivity index (χ4n) is 2.67. The first kappa shape index (κ1) is 15.6. The number of hydrogen-bond donors (Lipinski definition) is 2. The minimum atomic E-state index is -0.185. The van der Waals surface area contributed by atoms with E-state index in [9.17, 15) is 9.90 Å². The number of rotatable bonds is 3. The van der Waals surface area contributed by atoms with Crippen LogP contribution in [0.25, 0.3) is 0 Å². The van der Waals surface area contributed by atoms with Gasteiger partial charge in [-0.2, -0.15) is 0 Å². The summed E-state index contributed by atoms with van der Waals surface area (Å²) in [6.07, 6.45) is 1.40. The minimum absolute atomic E-state index is 0.00381. The lowest BCUT2D eigenvalue weighted by Crippen LogP contribution is -2.39. The number of amides is 1. The number of aliphatic hydroxyl groups excluding tert-OH is 1. The van der Waals surface area contributed by atoms with Crippen LogP contribution in [0.2, 0.25) is 0 Å². The van der Waals surface area contributed by atoms with Crippen LogP contribution in [0.5, 0.6) is 0 Å². The summed E-state index contributed by atoms with van der Waals surface area (Å²) in [5.41, 5.74) is 7.86. The van der Waals surface area contributed by atoms with Crippen molar-refractivity contribution < 1.29 is 9.90 Å². The summed E-state index contributed by atoms with van der Waals surface area (Å²) in [6, 6.07) is 5.63. The van der Waals surface area contributed by atoms with Gasteiger partial charge in [-0.25, -0.2) is 0 Å². The largest absolute Gasteiger partial charge is 0.393 e. The molecule has 0 heterocycles. The van der Waals surface area contributed by atoms with Gasteiger partial charge in [-0.05, 0) is 49.4 Å². The molecule has 1 fully saturated rings. The summed E-state index contributed by atoms with van der Waals surface area (Å²) >= 11 is 0. The standard InChI is InChI=1S/C17H22N2O2/c1-12-6-13(4-3-5-18)8-15(7-12)17(21)19(2)11-14-9-16(20)10-14/h6-8,14,16,20H,5,9-11,18H2,1-2H3. The molecule has 21 heavy (non-hydrogen) atoms. The summed E-state index contributed by atoms with van der Waals surface area (Å²) in [7, 11) is 1.81. The number of carbonyl (C=O) groups is 1. The minimum Gasteiger partial charge on any atom is -0.393 e. The van der Waals surface area contributed by atoms with Crippen LogP contribution in [-0.2, 0) is 0 Å². The van der Waals surface area contributed by atoms with Crippen molar-refractivity contribution in [1.82, 2.24) is 4.90 Å². The quantitative estimate of drug-likeness (QED) is 0.819. The molecule has 0 spiro atoms. The molecule has 0 unspecified atom stereocenters. The molecule has 1 saturated carbocycles. The van der Waals surface area contributed by atoms with Crippen molar-refractivity contribution in [2.24, 2.45) is 11.7 Å². The predicted octanol–water partition coefficient (Wildman–Crippen LogP) is 1.15. The van der Waals surface area contributed by atoms with Crippen LogP contribution in [0.4, 0.5) is 0 Å². The Hall–Kier alpha value is -1.83. The topological polar surface area (TPSA) is 66.6 Å². The lowest BCUT2D eigenvalue weighted by Gasteiger charge is -2.34. The molecule has 0 aromatic heterocycles. The summed E-state index contributed by atoms with van der Waals surface area (Å²) in [5.74, 6) is 6.19. The van der Waals surface area contributed by atoms with E-state index in [-0.39, 0.29) is 12.0 Å². The number of carbonyl (C=O) groups excluding carboxylic acids is 1. The molecule has 1 aromatic carbocycles. The summed E-state index contributed by atoms with van der Waals surface area (Å²) in [6.45, 7) is 2.95. The van der Waals surface area contributed by atoms with Gasteiger partial charge in [0.25, 0.3) is 5.91 Å². The average Bonchev–Trinajstić information content (AvgIpc) is 2.42. The smallest absolute Gasteiger partial charge is 0.253 e. The van der Waals surface area contributed by atoms with Gasteiger partial charge < -0.3 is 15.7 Å². The fourth-order valence-corrected chi connectivity index (χ4v) is 2.67. The zero-order valence-electron chi connectivity index (χ0n) is 12.6. The number of aryl methyl sites for hydroxylation is 1. The number of hydrogen-bond acceptors (Lipinski definition) is 3. The molecule has 1 aromatic rings. The first-order valence-corrected chi connectivity index (χ1v) is 7.23. The van der Waals surface area contributed by atoms with Gasteiger partial charge in [0.05, 0.1) is 12.6 Å². The molecule has 3 N–H and O–H groups in total. The van der Waals surface area contributed by atoms with Crippen molar-refractivity contribution in [1.29, 1.82) is 0 Å². The van der Waals surface area contributed by atoms with Crippen LogP contribution >= 0.6 is 0 Å². The maximum absolute atomic E-state index is 12.5. The van der Waals surface area contributed by atoms with E-state index >= 15 is 0 Å². The van der Waals surface area contributed by atoms with Gasteiger partial charge in [-0.15, -0.1) is 0 Å². The van der Waals surface area contributed by atoms with Crippen molar-refractivity contribution in [3.05, 3.63) is 34.9 Å². The Balaban J connectivity index is 2.08. The van der Waals surface area contributed by atoms with E-state index in [0.29, 0.717) is 24.6 Å². The number of nitrogens with zero attached hydrogens (tertiary/aromatic N) is 1. The van der Waals surface area contributed by atoms with Crippen LogP contribution in [0.3, 0.4) is 0 Å². The van der Waals surface area contributed by atoms with E-state index in [0.717, 1.165) is 24.0 Å². The SMILES string of the molecule is Cc1cc(C#CCN)cc(C(=O)N(C)CC2CC(O)C2)c1. The van der Waals surface area contributed by atoms with Gasteiger partial charge in [0.15, 0.2) is 0 Å². The van der Waals surface area contributed by atoms with Crippen LogP contribution in [0.1, 0.15) is 34.3 Å². The highest BCUT2D eigenvalue weighted by atomic mass is 16.3. The molecular weight excluding hydrogens is 264 g/mol. The van der Waals surface area contributed by atoms with Crippen molar-refractivity contribution in [2.45, 2.75) is 25.9 Å². The van der Waals surface area contributed by atoms with Gasteiger partial charge in [-0.3, -0.25) is 4.79 Å². The zero-order valence-corrected chi connectivity index (χ0v) is 12.6. The van der Waals surface area contributed by atoms with E-state index in [2.05, 4.69) is 11.8 Å². The second-order valence-corrected chi connectivity index (χ2v) is 5.77. The monoisotopic (exact) mass is 286 g/mol. The second kappa shape index (κ2) is 6.75. The van der Waals surface area contributed by atoms with Crippen molar-refractivity contribution >= 4 is 5.91 Å². The Labute approximate surface area is 125 Å². The number of nitrogens with two attached hydrogens (primary N) is 1. The second-order valence-electron chi connectivity index (χ2n) is 5.77. The Morgan fingerprint density at radius 3 is 2.76 bits per heavy atom. The maximum Gasteiger partial charge on any atom is 0.253 e. The van der Waals surface area contributed by atoms with Crippen LogP contribution in [0, 0.1) is 24.7 Å². The van der Waals surface area contributed by atoms with Crippen molar-refractivity contribution in [3.8, 4) is 11.8 Å². The Morgan fingerprint density at radius 1 is 1.43 bits per heavy atom. The van der Waals surface area contributed by atoms with Crippen LogP contribution < -0.4 is 5.73 Å². The highest BCUT2D eigenvalue weighted by Crippen LogP contribution is 2.28. The molecule has 0 radical (unpaired) electrons. The molecule has 0 bridgehead atoms. The molecule has 2 rings (SSSR count). The van der Waals surface area contributed by atoms with E-state index in [1.54, 1.807) is 11.9 Å². The van der Waals surface area contributed by atoms with E-state index in [4.69, 9.17) is 5.73 Å². The molecule has 4 heteroatoms. The molecule has 4 nitrogen and oxygen atoms in total. The van der Waals surface area contributed by atoms with Crippen LogP contribution in [-0.4, -0.2) is 42.2 Å². The molecule has 1 aliphatic rings. The highest BCUT2D eigenvalue weighted by molar-refractivity contribution is 5.94. The van der Waals surface area contributed by atoms with Gasteiger partial charge in [0.1, 0.15) is 0 Å². The number of aliphatic hydroxyl groups is 1. The summed E-state index contributed by atoms with van der Waals surface area (Å²) in [4.78, 5) is 14.2. The third-order valence-electron chi connectivity index (χ3n) is 3.75. The van der Waals surface area contributed by atoms with Crippen LogP contribution in [0.15, 0.2) is 18.2 Å². The average molecular weight is 286 g/mol. The van der Waals surface area contributed by atoms with Gasteiger partial charge in [0.2, 0.25) is 0 Å². The van der Waals surface area contributed by atoms with Crippen molar-refractivity contribution in [3.63, 3.8) is 0 Å². The Kier molecular flexibility index (Phi) is 5.00. The summed E-state index contributed by atoms with van der Waals surface area (Å²) < 4.78 is 0. The Morgan fingerprint density at radius 2 is 2.14 bits per heavy atom. The highest BCUT2D eigenvalue weighted by Gasteiger charge is 2.29. The summed E-state index contributed by atoms with van der Waals surface area (Å²) in [5, 5.41) is 9.31. The lowest BCUT2D eigenvalue weighted by molar-refractivity contribution is 0.0265. The van der Waals surface area contributed by atoms with Gasteiger partial charge >= 0.3 is 0 Å². The molecule has 0 saturated heterocycles. The van der Waals surface area contributed by atoms with Gasteiger partial charge in [-0.1, -0.05) is 11.8 Å². The third kappa shape index (κ3) is 4.07. The Bertz CT molecular complexity index is 580. The molecule has 0 aliphatic heterocycles. The van der Waals surface area contributed by atoms with Gasteiger partial charge in [0, 0.05) is 24.7 Å². The normalized spacial score (nSPS) is 20.2. The zero-order chi connectivity index (χ0) is 15.4. The van der Waals surface area contributed by atoms with Crippen molar-refractivity contribution in [2.75, 3.05) is 20.1 Å². The predicted molar refractivity (Wildman–Crippen MR) is 82.8 cm³/mol. The first-order valence-electron chi connectivity index (χ1n) is 7.23. The molecule has 1 amide bonds. The molecule has 112 valence electrons. The van der Waals surface area contributed by atoms with E-state index in [1.807, 2.05) is 25.1 Å². The lowest BCUT2D eigenvalue weighted by atomic mass is 9.82. The van der Waals surface area contributed by atoms with E-state index < -0.39 is 0 Å².